The van der Waals surface area contributed by atoms with Gasteiger partial charge in [-0.1, -0.05) is 25.1 Å². The summed E-state index contributed by atoms with van der Waals surface area (Å²) in [5, 5.41) is 1.70. The number of hydrogen-bond acceptors (Lipinski definition) is 2. The van der Waals surface area contributed by atoms with E-state index in [4.69, 9.17) is 22.8 Å². The highest BCUT2D eigenvalue weighted by atomic mass is 32.1. The summed E-state index contributed by atoms with van der Waals surface area (Å²) in [4.78, 5) is 5.41. The number of anilines is 1. The molecule has 14 heavy (non-hydrogen) atoms. The van der Waals surface area contributed by atoms with Crippen molar-refractivity contribution in [3.63, 3.8) is 0 Å². The predicted molar refractivity (Wildman–Crippen MR) is 61.9 cm³/mol. The van der Waals surface area contributed by atoms with Crippen LogP contribution in [0.3, 0.4) is 0 Å². The van der Waals surface area contributed by atoms with Gasteiger partial charge in [-0.2, -0.15) is 5.06 Å². The van der Waals surface area contributed by atoms with E-state index in [0.717, 1.165) is 12.1 Å². The molecule has 0 saturated heterocycles. The van der Waals surface area contributed by atoms with Gasteiger partial charge in [-0.25, -0.2) is 0 Å². The van der Waals surface area contributed by atoms with Crippen molar-refractivity contribution < 1.29 is 4.84 Å². The molecule has 0 bridgehead atoms. The Morgan fingerprint density at radius 1 is 1.43 bits per heavy atom. The van der Waals surface area contributed by atoms with E-state index in [2.05, 4.69) is 0 Å². The molecule has 0 aliphatic carbocycles. The third kappa shape index (κ3) is 2.97. The van der Waals surface area contributed by atoms with Crippen molar-refractivity contribution >= 4 is 23.0 Å². The maximum atomic E-state index is 5.54. The summed E-state index contributed by atoms with van der Waals surface area (Å²) >= 11 is 4.89. The average molecular weight is 210 g/mol. The third-order valence-electron chi connectivity index (χ3n) is 1.62. The van der Waals surface area contributed by atoms with Crippen LogP contribution in [0, 0.1) is 0 Å². The number of hydrogen-bond donors (Lipinski definition) is 1. The van der Waals surface area contributed by atoms with Gasteiger partial charge in [0.1, 0.15) is 0 Å². The molecule has 0 saturated carbocycles. The van der Waals surface area contributed by atoms with Crippen LogP contribution in [-0.2, 0) is 4.84 Å². The fourth-order valence-electron chi connectivity index (χ4n) is 1.01. The first-order valence-electron chi connectivity index (χ1n) is 4.53. The number of benzene rings is 1. The van der Waals surface area contributed by atoms with Gasteiger partial charge >= 0.3 is 0 Å². The van der Waals surface area contributed by atoms with Crippen molar-refractivity contribution in [3.8, 4) is 0 Å². The highest BCUT2D eigenvalue weighted by molar-refractivity contribution is 7.80. The molecule has 1 aromatic rings. The van der Waals surface area contributed by atoms with Gasteiger partial charge in [-0.15, -0.1) is 0 Å². The zero-order valence-corrected chi connectivity index (χ0v) is 8.96. The van der Waals surface area contributed by atoms with Gasteiger partial charge in [0.05, 0.1) is 12.3 Å². The molecule has 2 N–H and O–H groups in total. The van der Waals surface area contributed by atoms with Crippen LogP contribution in [0.4, 0.5) is 5.69 Å². The molecular formula is C10H14N2OS. The van der Waals surface area contributed by atoms with Crippen LogP contribution in [0.2, 0.25) is 0 Å². The molecule has 0 fully saturated rings. The number of para-hydroxylation sites is 1. The molecule has 1 rings (SSSR count). The second-order valence-corrected chi connectivity index (χ2v) is 3.22. The van der Waals surface area contributed by atoms with Crippen LogP contribution in [0.1, 0.15) is 13.3 Å². The Morgan fingerprint density at radius 2 is 2.07 bits per heavy atom. The highest BCUT2D eigenvalue weighted by Crippen LogP contribution is 2.13. The smallest absolute Gasteiger partial charge is 0.195 e. The van der Waals surface area contributed by atoms with Crippen molar-refractivity contribution in [3.05, 3.63) is 30.3 Å². The summed E-state index contributed by atoms with van der Waals surface area (Å²) < 4.78 is 0. The van der Waals surface area contributed by atoms with Crippen molar-refractivity contribution in [2.75, 3.05) is 11.7 Å². The largest absolute Gasteiger partial charge is 0.374 e. The van der Waals surface area contributed by atoms with E-state index in [1.54, 1.807) is 0 Å². The lowest BCUT2D eigenvalue weighted by atomic mass is 10.3. The molecule has 0 aliphatic heterocycles. The molecule has 0 aromatic heterocycles. The maximum absolute atomic E-state index is 5.54. The summed E-state index contributed by atoms with van der Waals surface area (Å²) in [7, 11) is 0. The van der Waals surface area contributed by atoms with Gasteiger partial charge in [0.2, 0.25) is 0 Å². The summed E-state index contributed by atoms with van der Waals surface area (Å²) in [6.45, 7) is 2.63. The van der Waals surface area contributed by atoms with Crippen LogP contribution in [0.25, 0.3) is 0 Å². The van der Waals surface area contributed by atoms with Crippen molar-refractivity contribution in [2.45, 2.75) is 13.3 Å². The Kier molecular flexibility index (Phi) is 4.35. The lowest BCUT2D eigenvalue weighted by molar-refractivity contribution is 0.144. The maximum Gasteiger partial charge on any atom is 0.195 e. The number of nitrogens with two attached hydrogens (primary N) is 1. The number of nitrogens with zero attached hydrogens (tertiary/aromatic N) is 1. The molecule has 0 spiro atoms. The third-order valence-corrected chi connectivity index (χ3v) is 1.78. The van der Waals surface area contributed by atoms with E-state index in [-0.39, 0.29) is 5.11 Å². The monoisotopic (exact) mass is 210 g/mol. The minimum Gasteiger partial charge on any atom is -0.374 e. The fraction of sp³-hybridized carbons (Fsp3) is 0.300. The Labute approximate surface area is 89.4 Å². The first kappa shape index (κ1) is 10.9. The quantitative estimate of drug-likeness (QED) is 0.610. The van der Waals surface area contributed by atoms with Gasteiger partial charge in [0, 0.05) is 0 Å². The molecule has 0 aliphatic rings. The SMILES string of the molecule is CCCON(C(N)=S)c1ccccc1. The predicted octanol–water partition coefficient (Wildman–Crippen LogP) is 2.08. The molecule has 76 valence electrons. The Morgan fingerprint density at radius 3 is 2.57 bits per heavy atom. The number of rotatable bonds is 4. The lowest BCUT2D eigenvalue weighted by Gasteiger charge is -2.21. The standard InChI is InChI=1S/C10H14N2OS/c1-2-8-13-12(10(11)14)9-6-4-3-5-7-9/h3-7H,2,8H2,1H3,(H2,11,14). The van der Waals surface area contributed by atoms with Crippen LogP contribution in [0.15, 0.2) is 30.3 Å². The van der Waals surface area contributed by atoms with E-state index in [9.17, 15) is 0 Å². The first-order chi connectivity index (χ1) is 6.75. The van der Waals surface area contributed by atoms with Crippen LogP contribution in [-0.4, -0.2) is 11.7 Å². The fourth-order valence-corrected chi connectivity index (χ4v) is 1.17. The van der Waals surface area contributed by atoms with Crippen LogP contribution >= 0.6 is 12.2 Å². The van der Waals surface area contributed by atoms with Crippen molar-refractivity contribution in [2.24, 2.45) is 5.73 Å². The Hall–Kier alpha value is -1.13. The lowest BCUT2D eigenvalue weighted by Crippen LogP contribution is -2.35. The minimum atomic E-state index is 0.227. The highest BCUT2D eigenvalue weighted by Gasteiger charge is 2.08. The minimum absolute atomic E-state index is 0.227. The van der Waals surface area contributed by atoms with Gasteiger partial charge < -0.3 is 5.73 Å². The van der Waals surface area contributed by atoms with E-state index in [1.807, 2.05) is 37.3 Å². The Balaban J connectivity index is 2.73. The summed E-state index contributed by atoms with van der Waals surface area (Å²) in [6, 6.07) is 9.55. The molecule has 0 heterocycles. The van der Waals surface area contributed by atoms with Gasteiger partial charge in [-0.3, -0.25) is 4.84 Å². The van der Waals surface area contributed by atoms with Gasteiger partial charge in [0.15, 0.2) is 5.11 Å². The van der Waals surface area contributed by atoms with E-state index in [0.29, 0.717) is 6.61 Å². The van der Waals surface area contributed by atoms with Crippen molar-refractivity contribution in [1.82, 2.24) is 0 Å². The Bertz CT molecular complexity index is 289. The van der Waals surface area contributed by atoms with Gasteiger partial charge in [0.25, 0.3) is 0 Å². The van der Waals surface area contributed by atoms with Crippen LogP contribution in [0.5, 0.6) is 0 Å². The number of thiocarbonyl (C=S) groups is 1. The van der Waals surface area contributed by atoms with E-state index >= 15 is 0 Å². The summed E-state index contributed by atoms with van der Waals surface area (Å²) in [6.07, 6.45) is 0.923. The normalized spacial score (nSPS) is 9.79. The molecular weight excluding hydrogens is 196 g/mol. The first-order valence-corrected chi connectivity index (χ1v) is 4.94. The van der Waals surface area contributed by atoms with Gasteiger partial charge in [-0.05, 0) is 30.8 Å². The molecule has 1 aromatic carbocycles. The van der Waals surface area contributed by atoms with E-state index in [1.165, 1.54) is 5.06 Å². The molecule has 0 amide bonds. The molecule has 4 heteroatoms. The number of hydroxylamine groups is 1. The second-order valence-electron chi connectivity index (χ2n) is 2.80. The molecule has 0 unspecified atom stereocenters. The topological polar surface area (TPSA) is 38.5 Å². The second kappa shape index (κ2) is 5.57. The van der Waals surface area contributed by atoms with Crippen molar-refractivity contribution in [1.29, 1.82) is 0 Å². The molecule has 3 nitrogen and oxygen atoms in total. The van der Waals surface area contributed by atoms with Crippen LogP contribution < -0.4 is 10.8 Å². The van der Waals surface area contributed by atoms with E-state index < -0.39 is 0 Å². The zero-order valence-electron chi connectivity index (χ0n) is 8.14. The average Bonchev–Trinajstić information content (AvgIpc) is 2.19. The summed E-state index contributed by atoms with van der Waals surface area (Å²) in [5.74, 6) is 0. The zero-order chi connectivity index (χ0) is 10.4. The summed E-state index contributed by atoms with van der Waals surface area (Å²) in [5.41, 5.74) is 6.40. The molecule has 0 atom stereocenters. The molecule has 0 radical (unpaired) electrons.